The number of ether oxygens (including phenoxy) is 1. The van der Waals surface area contributed by atoms with Crippen LogP contribution in [0.2, 0.25) is 10.0 Å². The van der Waals surface area contributed by atoms with E-state index in [0.29, 0.717) is 13.1 Å². The van der Waals surface area contributed by atoms with Crippen LogP contribution in [0.5, 0.6) is 5.75 Å². The van der Waals surface area contributed by atoms with Gasteiger partial charge in [-0.3, -0.25) is 0 Å². The zero-order valence-electron chi connectivity index (χ0n) is 13.7. The lowest BCUT2D eigenvalue weighted by atomic mass is 10.2. The lowest BCUT2D eigenvalue weighted by Crippen LogP contribution is -2.30. The Morgan fingerprint density at radius 1 is 1.04 bits per heavy atom. The number of hydrogen-bond donors (Lipinski definition) is 0. The first-order valence-electron chi connectivity index (χ1n) is 7.57. The van der Waals surface area contributed by atoms with Crippen molar-refractivity contribution in [3.63, 3.8) is 0 Å². The molecule has 8 heteroatoms. The maximum Gasteiger partial charge on any atom is 0.345 e. The van der Waals surface area contributed by atoms with Crippen LogP contribution in [0.15, 0.2) is 47.4 Å². The molecule has 2 rings (SSSR count). The van der Waals surface area contributed by atoms with Crippen LogP contribution < -0.4 is 4.74 Å². The number of sulfonamides is 1. The summed E-state index contributed by atoms with van der Waals surface area (Å²) in [5.41, 5.74) is -0.0465. The minimum Gasteiger partial charge on any atom is -0.421 e. The van der Waals surface area contributed by atoms with Crippen LogP contribution >= 0.6 is 23.2 Å². The van der Waals surface area contributed by atoms with Gasteiger partial charge >= 0.3 is 5.97 Å². The molecule has 2 aromatic rings. The van der Waals surface area contributed by atoms with Crippen LogP contribution in [-0.4, -0.2) is 31.8 Å². The highest BCUT2D eigenvalue weighted by Gasteiger charge is 2.24. The Hall–Kier alpha value is -1.60. The average Bonchev–Trinajstić information content (AvgIpc) is 2.58. The van der Waals surface area contributed by atoms with Crippen molar-refractivity contribution in [3.8, 4) is 5.75 Å². The summed E-state index contributed by atoms with van der Waals surface area (Å²) in [4.78, 5) is 12.4. The summed E-state index contributed by atoms with van der Waals surface area (Å²) in [6.07, 6.45) is 0. The second kappa shape index (κ2) is 8.19. The van der Waals surface area contributed by atoms with E-state index in [1.165, 1.54) is 28.6 Å². The third kappa shape index (κ3) is 4.33. The summed E-state index contributed by atoms with van der Waals surface area (Å²) >= 11 is 12.0. The molecule has 0 aromatic heterocycles. The number of rotatable bonds is 6. The molecule has 0 fully saturated rings. The molecular formula is C17H17Cl2NO4S. The van der Waals surface area contributed by atoms with Crippen LogP contribution in [0.1, 0.15) is 24.2 Å². The van der Waals surface area contributed by atoms with Gasteiger partial charge in [0.1, 0.15) is 5.75 Å². The van der Waals surface area contributed by atoms with E-state index in [-0.39, 0.29) is 26.3 Å². The Kier molecular flexibility index (Phi) is 6.46. The molecule has 0 aliphatic rings. The third-order valence-corrected chi connectivity index (χ3v) is 6.23. The largest absolute Gasteiger partial charge is 0.421 e. The second-order valence-electron chi connectivity index (χ2n) is 5.05. The summed E-state index contributed by atoms with van der Waals surface area (Å²) in [6.45, 7) is 4.12. The number of benzene rings is 2. The Labute approximate surface area is 157 Å². The first kappa shape index (κ1) is 19.7. The average molecular weight is 402 g/mol. The van der Waals surface area contributed by atoms with Gasteiger partial charge in [0, 0.05) is 13.1 Å². The van der Waals surface area contributed by atoms with Crippen molar-refractivity contribution < 1.29 is 17.9 Å². The van der Waals surface area contributed by atoms with E-state index < -0.39 is 16.0 Å². The van der Waals surface area contributed by atoms with Gasteiger partial charge in [0.15, 0.2) is 0 Å². The summed E-state index contributed by atoms with van der Waals surface area (Å²) in [6, 6.07) is 10.4. The van der Waals surface area contributed by atoms with Crippen molar-refractivity contribution in [2.75, 3.05) is 13.1 Å². The first-order chi connectivity index (χ1) is 11.8. The van der Waals surface area contributed by atoms with Crippen molar-refractivity contribution in [1.29, 1.82) is 0 Å². The van der Waals surface area contributed by atoms with Crippen molar-refractivity contribution >= 4 is 39.2 Å². The van der Waals surface area contributed by atoms with Gasteiger partial charge < -0.3 is 4.74 Å². The minimum atomic E-state index is -3.71. The number of carbonyl (C=O) groups is 1. The molecule has 0 radical (unpaired) electrons. The fourth-order valence-corrected chi connectivity index (χ4v) is 4.07. The van der Waals surface area contributed by atoms with Gasteiger partial charge in [-0.05, 0) is 30.3 Å². The molecule has 0 bridgehead atoms. The molecule has 134 valence electrons. The van der Waals surface area contributed by atoms with Gasteiger partial charge in [-0.1, -0.05) is 49.2 Å². The number of hydrogen-bond acceptors (Lipinski definition) is 4. The van der Waals surface area contributed by atoms with Gasteiger partial charge in [0.25, 0.3) is 0 Å². The second-order valence-corrected chi connectivity index (χ2v) is 7.80. The summed E-state index contributed by atoms with van der Waals surface area (Å²) in [5, 5.41) is 0.356. The molecule has 2 aromatic carbocycles. The SMILES string of the molecule is CCN(CC)S(=O)(=O)c1ccc(Cl)c(C(=O)Oc2ccccc2Cl)c1. The molecule has 0 saturated heterocycles. The van der Waals surface area contributed by atoms with E-state index in [1.54, 1.807) is 32.0 Å². The fraction of sp³-hybridized carbons (Fsp3) is 0.235. The van der Waals surface area contributed by atoms with Crippen molar-refractivity contribution in [3.05, 3.63) is 58.1 Å². The molecule has 25 heavy (non-hydrogen) atoms. The van der Waals surface area contributed by atoms with E-state index >= 15 is 0 Å². The first-order valence-corrected chi connectivity index (χ1v) is 9.77. The van der Waals surface area contributed by atoms with Gasteiger partial charge in [0.05, 0.1) is 20.5 Å². The van der Waals surface area contributed by atoms with Gasteiger partial charge in [-0.25, -0.2) is 13.2 Å². The highest BCUT2D eigenvalue weighted by Crippen LogP contribution is 2.27. The maximum atomic E-state index is 12.6. The Morgan fingerprint density at radius 2 is 1.68 bits per heavy atom. The van der Waals surface area contributed by atoms with Crippen LogP contribution in [0.25, 0.3) is 0 Å². The quantitative estimate of drug-likeness (QED) is 0.536. The lowest BCUT2D eigenvalue weighted by molar-refractivity contribution is 0.0735. The van der Waals surface area contributed by atoms with Crippen LogP contribution in [-0.2, 0) is 10.0 Å². The molecule has 0 atom stereocenters. The zero-order chi connectivity index (χ0) is 18.6. The van der Waals surface area contributed by atoms with E-state index in [4.69, 9.17) is 27.9 Å². The van der Waals surface area contributed by atoms with E-state index in [2.05, 4.69) is 0 Å². The summed E-state index contributed by atoms with van der Waals surface area (Å²) in [7, 11) is -3.71. The van der Waals surface area contributed by atoms with Gasteiger partial charge in [-0.2, -0.15) is 4.31 Å². The predicted molar refractivity (Wildman–Crippen MR) is 98.0 cm³/mol. The van der Waals surface area contributed by atoms with E-state index in [9.17, 15) is 13.2 Å². The molecule has 0 amide bonds. The molecular weight excluding hydrogens is 385 g/mol. The number of esters is 1. The predicted octanol–water partition coefficient (Wildman–Crippen LogP) is 4.24. The topological polar surface area (TPSA) is 63.7 Å². The number of para-hydroxylation sites is 1. The van der Waals surface area contributed by atoms with Gasteiger partial charge in [0.2, 0.25) is 10.0 Å². The number of carbonyl (C=O) groups excluding carboxylic acids is 1. The van der Waals surface area contributed by atoms with Crippen molar-refractivity contribution in [2.24, 2.45) is 0 Å². The fourth-order valence-electron chi connectivity index (χ4n) is 2.22. The monoisotopic (exact) mass is 401 g/mol. The maximum absolute atomic E-state index is 12.6. The van der Waals surface area contributed by atoms with Crippen LogP contribution in [0.3, 0.4) is 0 Å². The van der Waals surface area contributed by atoms with E-state index in [1.807, 2.05) is 0 Å². The van der Waals surface area contributed by atoms with Crippen molar-refractivity contribution in [1.82, 2.24) is 4.31 Å². The van der Waals surface area contributed by atoms with Crippen LogP contribution in [0.4, 0.5) is 0 Å². The molecule has 0 heterocycles. The van der Waals surface area contributed by atoms with E-state index in [0.717, 1.165) is 0 Å². The van der Waals surface area contributed by atoms with Gasteiger partial charge in [-0.15, -0.1) is 0 Å². The Bertz CT molecular complexity index is 880. The normalized spacial score (nSPS) is 11.6. The molecule has 0 unspecified atom stereocenters. The van der Waals surface area contributed by atoms with Crippen LogP contribution in [0, 0.1) is 0 Å². The molecule has 0 aliphatic heterocycles. The van der Waals surface area contributed by atoms with Crippen molar-refractivity contribution in [2.45, 2.75) is 18.7 Å². The molecule has 0 aliphatic carbocycles. The third-order valence-electron chi connectivity index (χ3n) is 3.54. The minimum absolute atomic E-state index is 0.0216. The molecule has 0 saturated carbocycles. The number of halogens is 2. The number of nitrogens with zero attached hydrogens (tertiary/aromatic N) is 1. The molecule has 0 N–H and O–H groups in total. The summed E-state index contributed by atoms with van der Waals surface area (Å²) in [5.74, 6) is -0.614. The molecule has 0 spiro atoms. The lowest BCUT2D eigenvalue weighted by Gasteiger charge is -2.19. The standard InChI is InChI=1S/C17H17Cl2NO4S/c1-3-20(4-2)25(22,23)12-9-10-14(18)13(11-12)17(21)24-16-8-6-5-7-15(16)19/h5-11H,3-4H2,1-2H3. The zero-order valence-corrected chi connectivity index (χ0v) is 16.0. The molecule has 5 nitrogen and oxygen atoms in total. The summed E-state index contributed by atoms with van der Waals surface area (Å²) < 4.78 is 31.7. The highest BCUT2D eigenvalue weighted by molar-refractivity contribution is 7.89. The Balaban J connectivity index is 2.39. The Morgan fingerprint density at radius 3 is 2.28 bits per heavy atom. The smallest absolute Gasteiger partial charge is 0.345 e. The highest BCUT2D eigenvalue weighted by atomic mass is 35.5.